The maximum absolute atomic E-state index is 5.17. The summed E-state index contributed by atoms with van der Waals surface area (Å²) in [6, 6.07) is 0. The van der Waals surface area contributed by atoms with Crippen molar-refractivity contribution in [2.45, 2.75) is 77.6 Å². The zero-order chi connectivity index (χ0) is 15.1. The van der Waals surface area contributed by atoms with Gasteiger partial charge in [0.05, 0.1) is 27.2 Å². The van der Waals surface area contributed by atoms with Crippen molar-refractivity contribution in [1.82, 2.24) is 0 Å². The summed E-state index contributed by atoms with van der Waals surface area (Å²) in [5, 5.41) is 0. The van der Waals surface area contributed by atoms with E-state index in [1.165, 1.54) is 77.2 Å². The smallest absolute Gasteiger partial charge is 0.102 e. The van der Waals surface area contributed by atoms with Crippen LogP contribution in [0.2, 0.25) is 0 Å². The van der Waals surface area contributed by atoms with Gasteiger partial charge in [0.15, 0.2) is 0 Å². The van der Waals surface area contributed by atoms with Crippen molar-refractivity contribution in [2.75, 3.05) is 40.9 Å². The number of hydrogen-bond donors (Lipinski definition) is 0. The average molecular weight is 322 g/mol. The Morgan fingerprint density at radius 2 is 1.10 bits per heavy atom. The SMILES string of the molecule is CCCCCCCCCCCCC[N+](C)(C)CCOC.[Cl-]. The van der Waals surface area contributed by atoms with E-state index >= 15 is 0 Å². The minimum Gasteiger partial charge on any atom is -1.00 e. The number of methoxy groups -OCH3 is 1. The molecule has 0 aromatic carbocycles. The number of likely N-dealkylation sites (N-methyl/N-ethyl adjacent to an activating group) is 1. The zero-order valence-corrected chi connectivity index (χ0v) is 15.9. The molecule has 0 N–H and O–H groups in total. The largest absolute Gasteiger partial charge is 1.00 e. The van der Waals surface area contributed by atoms with Crippen molar-refractivity contribution in [1.29, 1.82) is 0 Å². The summed E-state index contributed by atoms with van der Waals surface area (Å²) in [6.45, 7) is 5.59. The van der Waals surface area contributed by atoms with Gasteiger partial charge in [-0.15, -0.1) is 0 Å². The van der Waals surface area contributed by atoms with Gasteiger partial charge in [0.1, 0.15) is 6.54 Å². The molecule has 0 rings (SSSR count). The van der Waals surface area contributed by atoms with E-state index < -0.39 is 0 Å². The van der Waals surface area contributed by atoms with Gasteiger partial charge in [-0.05, 0) is 12.8 Å². The number of unbranched alkanes of at least 4 members (excludes halogenated alkanes) is 10. The average Bonchev–Trinajstić information content (AvgIpc) is 2.42. The minimum absolute atomic E-state index is 0. The molecule has 0 amide bonds. The molecular weight excluding hydrogens is 282 g/mol. The highest BCUT2D eigenvalue weighted by Gasteiger charge is 2.13. The van der Waals surface area contributed by atoms with E-state index in [9.17, 15) is 0 Å². The third-order valence-corrected chi connectivity index (χ3v) is 4.27. The number of hydrogen-bond acceptors (Lipinski definition) is 1. The first kappa shape index (κ1) is 23.5. The molecule has 0 aliphatic heterocycles. The van der Waals surface area contributed by atoms with E-state index in [0.29, 0.717) is 0 Å². The summed E-state index contributed by atoms with van der Waals surface area (Å²) in [4.78, 5) is 0. The molecule has 0 aliphatic carbocycles. The van der Waals surface area contributed by atoms with Gasteiger partial charge in [-0.2, -0.15) is 0 Å². The monoisotopic (exact) mass is 321 g/mol. The molecule has 0 unspecified atom stereocenters. The second kappa shape index (κ2) is 16.6. The van der Waals surface area contributed by atoms with Gasteiger partial charge in [-0.3, -0.25) is 0 Å². The Kier molecular flexibility index (Phi) is 18.5. The highest BCUT2D eigenvalue weighted by molar-refractivity contribution is 4.48. The Morgan fingerprint density at radius 3 is 1.52 bits per heavy atom. The zero-order valence-electron chi connectivity index (χ0n) is 15.1. The first-order valence-corrected chi connectivity index (χ1v) is 8.93. The Morgan fingerprint density at radius 1 is 0.667 bits per heavy atom. The van der Waals surface area contributed by atoms with E-state index in [2.05, 4.69) is 21.0 Å². The molecule has 0 radical (unpaired) electrons. The van der Waals surface area contributed by atoms with Gasteiger partial charge >= 0.3 is 0 Å². The molecular formula is C18H40ClNO. The molecule has 0 atom stereocenters. The van der Waals surface area contributed by atoms with Gasteiger partial charge in [-0.1, -0.05) is 64.7 Å². The number of quaternary nitrogens is 1. The maximum atomic E-state index is 5.17. The maximum Gasteiger partial charge on any atom is 0.102 e. The Bertz CT molecular complexity index is 198. The lowest BCUT2D eigenvalue weighted by atomic mass is 10.1. The third-order valence-electron chi connectivity index (χ3n) is 4.27. The molecule has 0 saturated heterocycles. The third kappa shape index (κ3) is 18.2. The number of halogens is 1. The molecule has 0 aromatic heterocycles. The van der Waals surface area contributed by atoms with Gasteiger partial charge in [0, 0.05) is 7.11 Å². The van der Waals surface area contributed by atoms with Crippen LogP contribution >= 0.6 is 0 Å². The van der Waals surface area contributed by atoms with Crippen molar-refractivity contribution >= 4 is 0 Å². The quantitative estimate of drug-likeness (QED) is 0.331. The van der Waals surface area contributed by atoms with Crippen LogP contribution in [0.4, 0.5) is 0 Å². The van der Waals surface area contributed by atoms with Gasteiger partial charge in [-0.25, -0.2) is 0 Å². The van der Waals surface area contributed by atoms with Crippen LogP contribution in [0.5, 0.6) is 0 Å². The second-order valence-electron chi connectivity index (χ2n) is 6.91. The lowest BCUT2D eigenvalue weighted by Crippen LogP contribution is -3.00. The molecule has 2 nitrogen and oxygen atoms in total. The van der Waals surface area contributed by atoms with Gasteiger partial charge in [0.25, 0.3) is 0 Å². The highest BCUT2D eigenvalue weighted by atomic mass is 35.5. The molecule has 0 aromatic rings. The van der Waals surface area contributed by atoms with Crippen LogP contribution in [0, 0.1) is 0 Å². The lowest BCUT2D eigenvalue weighted by Gasteiger charge is -2.29. The fraction of sp³-hybridized carbons (Fsp3) is 1.00. The van der Waals surface area contributed by atoms with E-state index in [4.69, 9.17) is 4.74 Å². The molecule has 130 valence electrons. The van der Waals surface area contributed by atoms with Gasteiger partial charge < -0.3 is 21.6 Å². The number of nitrogens with zero attached hydrogens (tertiary/aromatic N) is 1. The molecule has 0 bridgehead atoms. The number of rotatable bonds is 15. The molecule has 21 heavy (non-hydrogen) atoms. The standard InChI is InChI=1S/C18H40NO.ClH/c1-5-6-7-8-9-10-11-12-13-14-15-16-19(2,3)17-18-20-4;/h5-18H2,1-4H3;1H/q+1;/p-1. The minimum atomic E-state index is 0. The fourth-order valence-corrected chi connectivity index (χ4v) is 2.65. The molecule has 3 heteroatoms. The van der Waals surface area contributed by atoms with E-state index in [0.717, 1.165) is 17.6 Å². The predicted molar refractivity (Wildman–Crippen MR) is 90.2 cm³/mol. The van der Waals surface area contributed by atoms with Crippen molar-refractivity contribution in [3.8, 4) is 0 Å². The van der Waals surface area contributed by atoms with E-state index in [1.807, 2.05) is 0 Å². The Balaban J connectivity index is 0. The van der Waals surface area contributed by atoms with Crippen molar-refractivity contribution in [2.24, 2.45) is 0 Å². The normalized spacial score (nSPS) is 11.4. The van der Waals surface area contributed by atoms with Crippen molar-refractivity contribution in [3.63, 3.8) is 0 Å². The van der Waals surface area contributed by atoms with Crippen molar-refractivity contribution < 1.29 is 21.6 Å². The Labute approximate surface area is 140 Å². The molecule has 0 aliphatic rings. The summed E-state index contributed by atoms with van der Waals surface area (Å²) in [5.41, 5.74) is 0. The van der Waals surface area contributed by atoms with E-state index in [1.54, 1.807) is 7.11 Å². The van der Waals surface area contributed by atoms with Crippen LogP contribution < -0.4 is 12.4 Å². The van der Waals surface area contributed by atoms with Gasteiger partial charge in [0.2, 0.25) is 0 Å². The molecule has 0 fully saturated rings. The summed E-state index contributed by atoms with van der Waals surface area (Å²) in [7, 11) is 6.42. The summed E-state index contributed by atoms with van der Waals surface area (Å²) in [6.07, 6.45) is 15.7. The highest BCUT2D eigenvalue weighted by Crippen LogP contribution is 2.12. The Hall–Kier alpha value is 0.210. The fourth-order valence-electron chi connectivity index (χ4n) is 2.65. The first-order valence-electron chi connectivity index (χ1n) is 8.93. The van der Waals surface area contributed by atoms with Crippen LogP contribution in [0.3, 0.4) is 0 Å². The summed E-state index contributed by atoms with van der Waals surface area (Å²) < 4.78 is 6.27. The van der Waals surface area contributed by atoms with Crippen LogP contribution in [-0.2, 0) is 4.74 Å². The summed E-state index contributed by atoms with van der Waals surface area (Å²) in [5.74, 6) is 0. The topological polar surface area (TPSA) is 9.23 Å². The first-order chi connectivity index (χ1) is 9.62. The summed E-state index contributed by atoms with van der Waals surface area (Å²) >= 11 is 0. The van der Waals surface area contributed by atoms with Crippen molar-refractivity contribution in [3.05, 3.63) is 0 Å². The van der Waals surface area contributed by atoms with E-state index in [-0.39, 0.29) is 12.4 Å². The lowest BCUT2D eigenvalue weighted by molar-refractivity contribution is -0.890. The van der Waals surface area contributed by atoms with Crippen LogP contribution in [0.1, 0.15) is 77.6 Å². The number of ether oxygens (including phenoxy) is 1. The molecule has 0 heterocycles. The predicted octanol–water partition coefficient (Wildman–Crippen LogP) is 2.02. The molecule has 0 saturated carbocycles. The van der Waals surface area contributed by atoms with Crippen LogP contribution in [-0.4, -0.2) is 45.4 Å². The van der Waals surface area contributed by atoms with Crippen LogP contribution in [0.25, 0.3) is 0 Å². The second-order valence-corrected chi connectivity index (χ2v) is 6.91. The van der Waals surface area contributed by atoms with Crippen LogP contribution in [0.15, 0.2) is 0 Å². The molecule has 0 spiro atoms.